The fourth-order valence-electron chi connectivity index (χ4n) is 5.85. The van der Waals surface area contributed by atoms with Gasteiger partial charge in [0.15, 0.2) is 0 Å². The summed E-state index contributed by atoms with van der Waals surface area (Å²) in [7, 11) is 5.44. The Kier molecular flexibility index (Phi) is 31.7. The molecule has 9 nitrogen and oxygen atoms in total. The maximum Gasteiger partial charge on any atom is 0.320 e. The van der Waals surface area contributed by atoms with Crippen LogP contribution in [0, 0.1) is 25.7 Å². The van der Waals surface area contributed by atoms with Gasteiger partial charge in [-0.25, -0.2) is 0 Å². The van der Waals surface area contributed by atoms with E-state index in [1.165, 1.54) is 33.6 Å². The van der Waals surface area contributed by atoms with Gasteiger partial charge in [-0.3, -0.25) is 14.5 Å². The highest BCUT2D eigenvalue weighted by Gasteiger charge is 2.28. The number of anilines is 2. The van der Waals surface area contributed by atoms with Crippen molar-refractivity contribution in [3.8, 4) is 0 Å². The number of alkyl halides is 1. The summed E-state index contributed by atoms with van der Waals surface area (Å²) in [6.07, 6.45) is 6.01. The van der Waals surface area contributed by atoms with Gasteiger partial charge in [0.2, 0.25) is 5.91 Å². The molecule has 2 aromatic carbocycles. The van der Waals surface area contributed by atoms with Crippen LogP contribution in [0.15, 0.2) is 71.8 Å². The third-order valence-corrected chi connectivity index (χ3v) is 8.86. The second-order valence-electron chi connectivity index (χ2n) is 18.3. The third-order valence-electron chi connectivity index (χ3n) is 8.86. The number of carboxylic acid groups (broad SMARTS) is 1. The number of hydrogen-bond acceptors (Lipinski definition) is 7. The number of nitrogens with zero attached hydrogens (tertiary/aromatic N) is 3. The summed E-state index contributed by atoms with van der Waals surface area (Å²) in [5.74, 6) is 0.238. The van der Waals surface area contributed by atoms with Crippen LogP contribution in [0.2, 0.25) is 0 Å². The lowest BCUT2D eigenvalue weighted by Crippen LogP contribution is -2.56. The van der Waals surface area contributed by atoms with E-state index in [0.29, 0.717) is 18.3 Å². The van der Waals surface area contributed by atoms with Crippen LogP contribution in [-0.4, -0.2) is 97.3 Å². The molecule has 2 aromatic rings. The van der Waals surface area contributed by atoms with Crippen molar-refractivity contribution in [3.63, 3.8) is 0 Å². The van der Waals surface area contributed by atoms with E-state index < -0.39 is 5.97 Å². The fraction of sp³-hybridized carbons (Fsp3) is 0.633. The van der Waals surface area contributed by atoms with Crippen molar-refractivity contribution < 1.29 is 16.1 Å². The van der Waals surface area contributed by atoms with Crippen molar-refractivity contribution in [2.75, 3.05) is 62.1 Å². The number of amides is 1. The molecule has 0 spiro atoms. The Labute approximate surface area is 378 Å². The van der Waals surface area contributed by atoms with Crippen LogP contribution in [0.1, 0.15) is 116 Å². The minimum Gasteiger partial charge on any atom is -0.480 e. The van der Waals surface area contributed by atoms with Crippen molar-refractivity contribution in [2.45, 2.75) is 140 Å². The van der Waals surface area contributed by atoms with Gasteiger partial charge >= 0.3 is 5.97 Å². The van der Waals surface area contributed by atoms with Gasteiger partial charge in [-0.05, 0) is 144 Å². The van der Waals surface area contributed by atoms with Gasteiger partial charge in [0.05, 0.1) is 11.6 Å². The van der Waals surface area contributed by atoms with Crippen LogP contribution >= 0.6 is 22.6 Å². The smallest absolute Gasteiger partial charge is 0.320 e. The van der Waals surface area contributed by atoms with Gasteiger partial charge in [-0.15, -0.1) is 0 Å². The topological polar surface area (TPSA) is 114 Å². The second kappa shape index (κ2) is 31.0. The van der Waals surface area contributed by atoms with Gasteiger partial charge in [-0.2, -0.15) is 0 Å². The van der Waals surface area contributed by atoms with E-state index in [9.17, 15) is 9.59 Å². The molecule has 342 valence electrons. The molecule has 2 rings (SSSR count). The largest absolute Gasteiger partial charge is 0.480 e. The summed E-state index contributed by atoms with van der Waals surface area (Å²) in [4.78, 5) is 31.7. The van der Waals surface area contributed by atoms with E-state index in [4.69, 9.17) is 10.8 Å². The SMILES string of the molecule is C.CC(C)=CCN(CC(C)(C)N)c1ccc(C)cc1.CC(C)C[C@@H](C(=O)O)N(C)C.CI.CN[C@@H](CC(C)C)C(=O)NC(C)(C)CN(CC=C(C)C)c1ccc(C)cc1.[HH]. The number of aryl methyl sites for hydroxylation is 2. The van der Waals surface area contributed by atoms with Gasteiger partial charge in [0, 0.05) is 44.5 Å². The molecule has 0 radical (unpaired) electrons. The monoisotopic (exact) mass is 939 g/mol. The summed E-state index contributed by atoms with van der Waals surface area (Å²) >= 11 is 2.15. The average molecular weight is 939 g/mol. The molecule has 10 heteroatoms. The van der Waals surface area contributed by atoms with Crippen molar-refractivity contribution in [3.05, 3.63) is 83.0 Å². The molecule has 0 fully saturated rings. The predicted molar refractivity (Wildman–Crippen MR) is 272 cm³/mol. The number of nitrogens with one attached hydrogen (secondary N) is 2. The lowest BCUT2D eigenvalue weighted by Gasteiger charge is -2.35. The Morgan fingerprint density at radius 1 is 0.763 bits per heavy atom. The maximum absolute atomic E-state index is 12.8. The van der Waals surface area contributed by atoms with Gasteiger partial charge < -0.3 is 31.3 Å². The lowest BCUT2D eigenvalue weighted by atomic mass is 9.99. The first-order chi connectivity index (χ1) is 26.8. The Hall–Kier alpha value is -2.93. The molecule has 0 bridgehead atoms. The Morgan fingerprint density at radius 2 is 1.14 bits per heavy atom. The van der Waals surface area contributed by atoms with Crippen molar-refractivity contribution in [2.24, 2.45) is 17.6 Å². The number of carbonyl (C=O) groups is 2. The fourth-order valence-corrected chi connectivity index (χ4v) is 5.85. The zero-order chi connectivity index (χ0) is 45.4. The van der Waals surface area contributed by atoms with E-state index in [0.717, 1.165) is 32.6 Å². The van der Waals surface area contributed by atoms with E-state index in [1.54, 1.807) is 19.0 Å². The van der Waals surface area contributed by atoms with Crippen LogP contribution in [0.4, 0.5) is 11.4 Å². The molecule has 0 unspecified atom stereocenters. The number of rotatable bonds is 19. The highest BCUT2D eigenvalue weighted by molar-refractivity contribution is 14.1. The lowest BCUT2D eigenvalue weighted by molar-refractivity contribution is -0.142. The van der Waals surface area contributed by atoms with Crippen LogP contribution in [0.25, 0.3) is 0 Å². The number of aliphatic carboxylic acids is 1. The second-order valence-corrected chi connectivity index (χ2v) is 18.3. The number of benzene rings is 2. The summed E-state index contributed by atoms with van der Waals surface area (Å²) < 4.78 is 0. The average Bonchev–Trinajstić information content (AvgIpc) is 3.10. The first-order valence-corrected chi connectivity index (χ1v) is 22.9. The molecule has 59 heavy (non-hydrogen) atoms. The molecule has 0 aliphatic carbocycles. The maximum atomic E-state index is 12.8. The molecule has 1 amide bonds. The number of nitrogens with two attached hydrogens (primary N) is 1. The number of hydrogen-bond donors (Lipinski definition) is 4. The van der Waals surface area contributed by atoms with Gasteiger partial charge in [0.25, 0.3) is 0 Å². The highest BCUT2D eigenvalue weighted by Crippen LogP contribution is 2.20. The number of allylic oxidation sites excluding steroid dienone is 2. The first kappa shape index (κ1) is 60.4. The number of halogens is 1. The van der Waals surface area contributed by atoms with E-state index >= 15 is 0 Å². The zero-order valence-electron chi connectivity index (χ0n) is 39.9. The molecular formula is C49H91IN6O3. The summed E-state index contributed by atoms with van der Waals surface area (Å²) in [5.41, 5.74) is 13.2. The normalized spacial score (nSPS) is 11.9. The zero-order valence-corrected chi connectivity index (χ0v) is 42.0. The minimum atomic E-state index is -0.733. The van der Waals surface area contributed by atoms with Crippen molar-refractivity contribution in [1.82, 2.24) is 15.5 Å². The Balaban J connectivity index is -0.000000411. The summed E-state index contributed by atoms with van der Waals surface area (Å²) in [5, 5.41) is 15.2. The molecule has 0 aromatic heterocycles. The molecule has 0 saturated carbocycles. The third kappa shape index (κ3) is 29.9. The molecule has 2 atom stereocenters. The van der Waals surface area contributed by atoms with E-state index in [1.807, 2.05) is 25.8 Å². The van der Waals surface area contributed by atoms with Gasteiger partial charge in [0.1, 0.15) is 6.04 Å². The molecule has 0 heterocycles. The van der Waals surface area contributed by atoms with Crippen LogP contribution in [-0.2, 0) is 9.59 Å². The van der Waals surface area contributed by atoms with Crippen LogP contribution < -0.4 is 26.2 Å². The number of carboxylic acids is 1. The van der Waals surface area contributed by atoms with Crippen LogP contribution in [0.3, 0.4) is 0 Å². The predicted octanol–water partition coefficient (Wildman–Crippen LogP) is 10.8. The van der Waals surface area contributed by atoms with E-state index in [2.05, 4.69) is 187 Å². The number of likely N-dealkylation sites (N-methyl/N-ethyl adjacent to an activating group) is 2. The highest BCUT2D eigenvalue weighted by atomic mass is 127. The molecule has 0 aliphatic rings. The van der Waals surface area contributed by atoms with Gasteiger partial charge in [-0.1, -0.05) is 116 Å². The Bertz CT molecular complexity index is 1480. The standard InChI is InChI=1S/C23H39N3O.C16H26N2.C8H17NO2.CH3I.CH4.H2/c1-17(2)13-14-26(20-11-9-19(5)10-12-20)16-23(6,7)25-22(27)21(24-8)15-18(3)4;1-13(2)10-11-18(12-16(4,5)17)15-8-6-14(3)7-9-15;1-6(2)5-7(8(10)11)9(3)4;1-2;;/h9-13,18,21,24H,14-16H2,1-8H3,(H,25,27);6-10H,11-12,17H2,1-5H3;6-7H,5H2,1-4H3,(H,10,11);1H3;1H4;1H/t21-;;7-;;;/m0.0.../s1. The minimum absolute atomic E-state index is 0. The van der Waals surface area contributed by atoms with Crippen LogP contribution in [0.5, 0.6) is 0 Å². The van der Waals surface area contributed by atoms with E-state index in [-0.39, 0.29) is 37.9 Å². The van der Waals surface area contributed by atoms with Crippen molar-refractivity contribution in [1.29, 1.82) is 0 Å². The first-order valence-electron chi connectivity index (χ1n) is 20.7. The summed E-state index contributed by atoms with van der Waals surface area (Å²) in [6, 6.07) is 16.7. The molecular weight excluding hydrogens is 847 g/mol. The van der Waals surface area contributed by atoms with Crippen molar-refractivity contribution >= 4 is 45.8 Å². The molecule has 0 saturated heterocycles. The molecule has 0 aliphatic heterocycles. The Morgan fingerprint density at radius 3 is 1.41 bits per heavy atom. The molecule has 5 N–H and O–H groups in total. The number of carbonyl (C=O) groups excluding carboxylic acids is 1. The summed E-state index contributed by atoms with van der Waals surface area (Å²) in [6.45, 7) is 32.7. The quantitative estimate of drug-likeness (QED) is 0.0626.